The molecule has 2 N–H and O–H groups in total. The lowest BCUT2D eigenvalue weighted by Gasteiger charge is -2.17. The number of nitrogens with one attached hydrogen (secondary N) is 2. The monoisotopic (exact) mass is 292 g/mol. The smallest absolute Gasteiger partial charge is 0.239 e. The van der Waals surface area contributed by atoms with Gasteiger partial charge in [0.1, 0.15) is 12.4 Å². The summed E-state index contributed by atoms with van der Waals surface area (Å²) < 4.78 is 5.49. The van der Waals surface area contributed by atoms with Gasteiger partial charge in [-0.15, -0.1) is 0 Å². The largest absolute Gasteiger partial charge is 0.492 e. The van der Waals surface area contributed by atoms with E-state index < -0.39 is 5.41 Å². The van der Waals surface area contributed by atoms with E-state index >= 15 is 0 Å². The molecule has 0 aromatic heterocycles. The summed E-state index contributed by atoms with van der Waals surface area (Å²) in [7, 11) is 0. The highest BCUT2D eigenvalue weighted by Gasteiger charge is 2.21. The Morgan fingerprint density at radius 1 is 1.10 bits per heavy atom. The second-order valence-corrected chi connectivity index (χ2v) is 5.94. The van der Waals surface area contributed by atoms with E-state index in [1.54, 1.807) is 20.8 Å². The van der Waals surface area contributed by atoms with E-state index in [0.29, 0.717) is 13.2 Å². The number of amides is 2. The van der Waals surface area contributed by atoms with E-state index in [1.807, 2.05) is 31.2 Å². The molecule has 2 amide bonds. The van der Waals surface area contributed by atoms with Crippen LogP contribution >= 0.6 is 0 Å². The van der Waals surface area contributed by atoms with Crippen molar-refractivity contribution in [1.29, 1.82) is 0 Å². The Hall–Kier alpha value is -2.04. The lowest BCUT2D eigenvalue weighted by Crippen LogP contribution is -2.42. The Kier molecular flexibility index (Phi) is 6.21. The predicted octanol–water partition coefficient (Wildman–Crippen LogP) is 1.65. The molecule has 0 saturated heterocycles. The van der Waals surface area contributed by atoms with Crippen molar-refractivity contribution >= 4 is 11.8 Å². The average molecular weight is 292 g/mol. The summed E-state index contributed by atoms with van der Waals surface area (Å²) in [5, 5.41) is 5.29. The highest BCUT2D eigenvalue weighted by Crippen LogP contribution is 2.12. The molecule has 0 aliphatic carbocycles. The van der Waals surface area contributed by atoms with Crippen LogP contribution in [0.5, 0.6) is 5.75 Å². The third kappa shape index (κ3) is 6.79. The van der Waals surface area contributed by atoms with Gasteiger partial charge in [-0.05, 0) is 19.1 Å². The van der Waals surface area contributed by atoms with Crippen molar-refractivity contribution in [3.8, 4) is 5.75 Å². The van der Waals surface area contributed by atoms with Crippen LogP contribution in [0.3, 0.4) is 0 Å². The van der Waals surface area contributed by atoms with E-state index in [0.717, 1.165) is 5.75 Å². The van der Waals surface area contributed by atoms with E-state index in [4.69, 9.17) is 4.74 Å². The Balaban J connectivity index is 2.16. The molecule has 0 heterocycles. The first-order valence-electron chi connectivity index (χ1n) is 7.03. The molecule has 1 aromatic carbocycles. The lowest BCUT2D eigenvalue weighted by molar-refractivity contribution is -0.131. The van der Waals surface area contributed by atoms with E-state index in [2.05, 4.69) is 10.6 Å². The van der Waals surface area contributed by atoms with E-state index in [-0.39, 0.29) is 18.4 Å². The van der Waals surface area contributed by atoms with Crippen LogP contribution in [0.15, 0.2) is 24.3 Å². The van der Waals surface area contributed by atoms with Gasteiger partial charge in [0.2, 0.25) is 11.8 Å². The topological polar surface area (TPSA) is 67.4 Å². The summed E-state index contributed by atoms with van der Waals surface area (Å²) in [5.41, 5.74) is 0.680. The number of rotatable bonds is 6. The fraction of sp³-hybridized carbons (Fsp3) is 0.500. The van der Waals surface area contributed by atoms with Crippen molar-refractivity contribution in [2.24, 2.45) is 5.41 Å². The summed E-state index contributed by atoms with van der Waals surface area (Å²) in [6.45, 7) is 8.19. The molecule has 0 aliphatic rings. The molecule has 0 atom stereocenters. The maximum absolute atomic E-state index is 11.6. The Bertz CT molecular complexity index is 475. The maximum atomic E-state index is 11.6. The second kappa shape index (κ2) is 7.67. The molecule has 1 aromatic rings. The summed E-state index contributed by atoms with van der Waals surface area (Å²) in [5.74, 6) is 0.407. The van der Waals surface area contributed by atoms with Gasteiger partial charge in [-0.2, -0.15) is 0 Å². The normalized spacial score (nSPS) is 10.9. The lowest BCUT2D eigenvalue weighted by atomic mass is 9.96. The van der Waals surface area contributed by atoms with E-state index in [9.17, 15) is 9.59 Å². The molecule has 0 aliphatic heterocycles. The molecular weight excluding hydrogens is 268 g/mol. The number of carbonyl (C=O) groups is 2. The van der Waals surface area contributed by atoms with Crippen molar-refractivity contribution in [1.82, 2.24) is 10.6 Å². The number of hydrogen-bond donors (Lipinski definition) is 2. The third-order valence-electron chi connectivity index (χ3n) is 2.80. The molecule has 1 rings (SSSR count). The SMILES string of the molecule is Cc1ccc(OCCNC(=O)CNC(=O)C(C)(C)C)cc1. The average Bonchev–Trinajstić information content (AvgIpc) is 2.41. The Labute approximate surface area is 126 Å². The van der Waals surface area contributed by atoms with Crippen LogP contribution in [-0.2, 0) is 9.59 Å². The maximum Gasteiger partial charge on any atom is 0.239 e. The van der Waals surface area contributed by atoms with E-state index in [1.165, 1.54) is 5.56 Å². The number of hydrogen-bond acceptors (Lipinski definition) is 3. The van der Waals surface area contributed by atoms with Crippen molar-refractivity contribution in [2.45, 2.75) is 27.7 Å². The van der Waals surface area contributed by atoms with Crippen molar-refractivity contribution < 1.29 is 14.3 Å². The highest BCUT2D eigenvalue weighted by atomic mass is 16.5. The number of ether oxygens (including phenoxy) is 1. The quantitative estimate of drug-likeness (QED) is 0.783. The summed E-state index contributed by atoms with van der Waals surface area (Å²) in [6, 6.07) is 7.72. The first kappa shape index (κ1) is 17.0. The molecule has 0 saturated carbocycles. The molecule has 0 fully saturated rings. The molecule has 5 nitrogen and oxygen atoms in total. The van der Waals surface area contributed by atoms with Crippen LogP contribution in [0, 0.1) is 12.3 Å². The Morgan fingerprint density at radius 2 is 1.71 bits per heavy atom. The molecule has 116 valence electrons. The van der Waals surface area contributed by atoms with Gasteiger partial charge >= 0.3 is 0 Å². The van der Waals surface area contributed by atoms with Gasteiger partial charge in [0.25, 0.3) is 0 Å². The number of carbonyl (C=O) groups excluding carboxylic acids is 2. The zero-order valence-electron chi connectivity index (χ0n) is 13.2. The molecule has 0 unspecified atom stereocenters. The molecule has 0 radical (unpaired) electrons. The highest BCUT2D eigenvalue weighted by molar-refractivity contribution is 5.87. The second-order valence-electron chi connectivity index (χ2n) is 5.94. The fourth-order valence-electron chi connectivity index (χ4n) is 1.48. The molecule has 0 bridgehead atoms. The van der Waals surface area contributed by atoms with Gasteiger partial charge in [0.15, 0.2) is 0 Å². The van der Waals surface area contributed by atoms with Gasteiger partial charge in [-0.25, -0.2) is 0 Å². The number of aryl methyl sites for hydroxylation is 1. The van der Waals surface area contributed by atoms with Gasteiger partial charge in [0.05, 0.1) is 13.1 Å². The molecule has 5 heteroatoms. The zero-order chi connectivity index (χ0) is 15.9. The third-order valence-corrected chi connectivity index (χ3v) is 2.80. The zero-order valence-corrected chi connectivity index (χ0v) is 13.2. The fourth-order valence-corrected chi connectivity index (χ4v) is 1.48. The van der Waals surface area contributed by atoms with Crippen LogP contribution in [0.1, 0.15) is 26.3 Å². The molecule has 0 spiro atoms. The Morgan fingerprint density at radius 3 is 2.29 bits per heavy atom. The van der Waals surface area contributed by atoms with Gasteiger partial charge in [-0.3, -0.25) is 9.59 Å². The van der Waals surface area contributed by atoms with Crippen LogP contribution < -0.4 is 15.4 Å². The van der Waals surface area contributed by atoms with Crippen LogP contribution in [0.2, 0.25) is 0 Å². The summed E-state index contributed by atoms with van der Waals surface area (Å²) >= 11 is 0. The minimum Gasteiger partial charge on any atom is -0.492 e. The van der Waals surface area contributed by atoms with Gasteiger partial charge in [-0.1, -0.05) is 38.5 Å². The first-order chi connectivity index (χ1) is 9.79. The predicted molar refractivity (Wildman–Crippen MR) is 82.1 cm³/mol. The van der Waals surface area contributed by atoms with Gasteiger partial charge in [0, 0.05) is 5.41 Å². The van der Waals surface area contributed by atoms with Crippen molar-refractivity contribution in [2.75, 3.05) is 19.7 Å². The van der Waals surface area contributed by atoms with Crippen LogP contribution in [0.25, 0.3) is 0 Å². The van der Waals surface area contributed by atoms with Gasteiger partial charge < -0.3 is 15.4 Å². The van der Waals surface area contributed by atoms with Crippen molar-refractivity contribution in [3.63, 3.8) is 0 Å². The summed E-state index contributed by atoms with van der Waals surface area (Å²) in [6.07, 6.45) is 0. The minimum atomic E-state index is -0.491. The first-order valence-corrected chi connectivity index (χ1v) is 7.03. The minimum absolute atomic E-state index is 0.0133. The summed E-state index contributed by atoms with van der Waals surface area (Å²) in [4.78, 5) is 23.1. The van der Waals surface area contributed by atoms with Crippen LogP contribution in [0.4, 0.5) is 0 Å². The standard InChI is InChI=1S/C16H24N2O3/c1-12-5-7-13(8-6-12)21-10-9-17-14(19)11-18-15(20)16(2,3)4/h5-8H,9-11H2,1-4H3,(H,17,19)(H,18,20). The number of benzene rings is 1. The van der Waals surface area contributed by atoms with Crippen LogP contribution in [-0.4, -0.2) is 31.5 Å². The molecular formula is C16H24N2O3. The van der Waals surface area contributed by atoms with Crippen molar-refractivity contribution in [3.05, 3.63) is 29.8 Å². The molecule has 21 heavy (non-hydrogen) atoms.